The summed E-state index contributed by atoms with van der Waals surface area (Å²) in [7, 11) is 0. The van der Waals surface area contributed by atoms with Gasteiger partial charge in [0, 0.05) is 19.0 Å². The Balaban J connectivity index is 1.52. The summed E-state index contributed by atoms with van der Waals surface area (Å²) in [5, 5.41) is 7.91. The van der Waals surface area contributed by atoms with Crippen LogP contribution in [0.5, 0.6) is 0 Å². The Morgan fingerprint density at radius 1 is 1.19 bits per heavy atom. The van der Waals surface area contributed by atoms with Crippen molar-refractivity contribution in [2.75, 3.05) is 23.3 Å². The third-order valence-corrected chi connectivity index (χ3v) is 5.84. The highest BCUT2D eigenvalue weighted by Gasteiger charge is 2.36. The van der Waals surface area contributed by atoms with Crippen molar-refractivity contribution in [3.63, 3.8) is 0 Å². The Morgan fingerprint density at radius 2 is 1.97 bits per heavy atom. The van der Waals surface area contributed by atoms with E-state index in [1.54, 1.807) is 23.1 Å². The van der Waals surface area contributed by atoms with Gasteiger partial charge >= 0.3 is 6.18 Å². The second kappa shape index (κ2) is 7.52. The van der Waals surface area contributed by atoms with Gasteiger partial charge in [-0.05, 0) is 12.1 Å². The number of carbonyl (C=O) groups excluding carboxylic acids is 1. The number of nitrogens with zero attached hydrogens (tertiary/aromatic N) is 5. The highest BCUT2D eigenvalue weighted by molar-refractivity contribution is 6.42. The van der Waals surface area contributed by atoms with Crippen LogP contribution in [-0.4, -0.2) is 43.4 Å². The molecule has 1 saturated heterocycles. The van der Waals surface area contributed by atoms with Crippen molar-refractivity contribution in [1.82, 2.24) is 24.6 Å². The molecule has 32 heavy (non-hydrogen) atoms. The Bertz CT molecular complexity index is 1330. The van der Waals surface area contributed by atoms with E-state index in [2.05, 4.69) is 25.4 Å². The molecule has 0 unspecified atom stereocenters. The first kappa shape index (κ1) is 20.8. The third-order valence-electron chi connectivity index (χ3n) is 5.12. The summed E-state index contributed by atoms with van der Waals surface area (Å²) in [5.74, 6) is 0.772. The lowest BCUT2D eigenvalue weighted by molar-refractivity contribution is -0.142. The molecule has 1 aromatic carbocycles. The zero-order valence-corrected chi connectivity index (χ0v) is 17.7. The minimum atomic E-state index is -4.64. The number of carbonyl (C=O) groups is 1. The molecule has 4 aromatic rings. The number of hydrogen-bond donors (Lipinski definition) is 2. The Morgan fingerprint density at radius 3 is 2.69 bits per heavy atom. The minimum absolute atomic E-state index is 0.00248. The Labute approximate surface area is 188 Å². The van der Waals surface area contributed by atoms with Crippen molar-refractivity contribution < 1.29 is 18.0 Å². The number of benzene rings is 1. The highest BCUT2D eigenvalue weighted by atomic mass is 35.5. The van der Waals surface area contributed by atoms with E-state index in [-0.39, 0.29) is 30.3 Å². The van der Waals surface area contributed by atoms with E-state index < -0.39 is 11.9 Å². The monoisotopic (exact) mass is 483 g/mol. The minimum Gasteiger partial charge on any atom is -0.375 e. The van der Waals surface area contributed by atoms with Gasteiger partial charge in [-0.3, -0.25) is 4.79 Å². The number of aromatic amines is 1. The lowest BCUT2D eigenvalue weighted by Gasteiger charge is -2.18. The average Bonchev–Trinajstić information content (AvgIpc) is 3.43. The molecule has 0 radical (unpaired) electrons. The molecule has 1 fully saturated rings. The van der Waals surface area contributed by atoms with Gasteiger partial charge in [0.1, 0.15) is 5.82 Å². The Hall–Kier alpha value is -3.05. The standard InChI is InChI=1S/C19H14Cl2F3N7O/c20-10-3-12-13(4-11(10)21)28-16(27-12)7-25-14-5-17(30-2-1-9(32)8-30)29-31-15(19(22,23)24)6-26-18(14)31/h3-6,25H,1-2,7-8H2,(H,27,28). The number of fused-ring (bicyclic) bond motifs is 2. The zero-order chi connectivity index (χ0) is 22.6. The molecule has 5 rings (SSSR count). The van der Waals surface area contributed by atoms with Gasteiger partial charge in [-0.25, -0.2) is 14.5 Å². The Kier molecular flexibility index (Phi) is 4.90. The molecule has 0 saturated carbocycles. The molecule has 0 aliphatic carbocycles. The van der Waals surface area contributed by atoms with E-state index in [0.29, 0.717) is 45.6 Å². The van der Waals surface area contributed by atoms with Crippen LogP contribution in [-0.2, 0) is 17.5 Å². The van der Waals surface area contributed by atoms with E-state index in [9.17, 15) is 18.0 Å². The molecule has 4 heterocycles. The number of ketones is 1. The first-order valence-corrected chi connectivity index (χ1v) is 10.2. The SMILES string of the molecule is O=C1CCN(c2cc(NCc3nc4cc(Cl)c(Cl)cc4[nH]3)c3ncc(C(F)(F)F)n3n2)C1. The van der Waals surface area contributed by atoms with Gasteiger partial charge in [0.15, 0.2) is 22.9 Å². The van der Waals surface area contributed by atoms with E-state index in [1.165, 1.54) is 0 Å². The van der Waals surface area contributed by atoms with Gasteiger partial charge in [0.05, 0.1) is 46.1 Å². The summed E-state index contributed by atoms with van der Waals surface area (Å²) in [5.41, 5.74) is 0.603. The molecule has 3 aromatic heterocycles. The fourth-order valence-electron chi connectivity index (χ4n) is 3.58. The largest absolute Gasteiger partial charge is 0.435 e. The van der Waals surface area contributed by atoms with Crippen molar-refractivity contribution in [3.8, 4) is 0 Å². The summed E-state index contributed by atoms with van der Waals surface area (Å²) in [6.07, 6.45) is -3.58. The van der Waals surface area contributed by atoms with Crippen LogP contribution in [0.4, 0.5) is 24.7 Å². The smallest absolute Gasteiger partial charge is 0.375 e. The molecule has 8 nitrogen and oxygen atoms in total. The molecule has 166 valence electrons. The number of alkyl halides is 3. The van der Waals surface area contributed by atoms with E-state index >= 15 is 0 Å². The first-order chi connectivity index (χ1) is 15.2. The summed E-state index contributed by atoms with van der Waals surface area (Å²) in [4.78, 5) is 24.7. The number of rotatable bonds is 4. The average molecular weight is 484 g/mol. The molecule has 2 N–H and O–H groups in total. The van der Waals surface area contributed by atoms with Crippen LogP contribution in [0.3, 0.4) is 0 Å². The van der Waals surface area contributed by atoms with Crippen LogP contribution >= 0.6 is 23.2 Å². The van der Waals surface area contributed by atoms with Crippen LogP contribution in [0.2, 0.25) is 10.0 Å². The fourth-order valence-corrected chi connectivity index (χ4v) is 3.90. The van der Waals surface area contributed by atoms with Crippen LogP contribution < -0.4 is 10.2 Å². The zero-order valence-electron chi connectivity index (χ0n) is 16.2. The molecule has 0 spiro atoms. The maximum Gasteiger partial charge on any atom is 0.435 e. The number of anilines is 2. The second-order valence-corrected chi connectivity index (χ2v) is 8.14. The maximum absolute atomic E-state index is 13.5. The van der Waals surface area contributed by atoms with Crippen molar-refractivity contribution in [2.24, 2.45) is 0 Å². The summed E-state index contributed by atoms with van der Waals surface area (Å²) >= 11 is 12.1. The number of nitrogens with one attached hydrogen (secondary N) is 2. The van der Waals surface area contributed by atoms with Gasteiger partial charge in [-0.15, -0.1) is 5.10 Å². The third kappa shape index (κ3) is 3.71. The number of aromatic nitrogens is 5. The lowest BCUT2D eigenvalue weighted by Crippen LogP contribution is -2.23. The number of H-pyrrole nitrogens is 1. The van der Waals surface area contributed by atoms with Crippen molar-refractivity contribution in [2.45, 2.75) is 19.1 Å². The molecule has 13 heteroatoms. The predicted octanol–water partition coefficient (Wildman–Crippen LogP) is 4.32. The van der Waals surface area contributed by atoms with Gasteiger partial charge in [0.2, 0.25) is 0 Å². The number of Topliss-reactive ketones (excluding diaryl/α,β-unsaturated/α-hetero) is 1. The van der Waals surface area contributed by atoms with Crippen LogP contribution in [0.25, 0.3) is 16.7 Å². The molecular formula is C19H14Cl2F3N7O. The van der Waals surface area contributed by atoms with Crippen LogP contribution in [0, 0.1) is 0 Å². The molecular weight excluding hydrogens is 470 g/mol. The fraction of sp³-hybridized carbons (Fsp3) is 0.263. The normalized spacial score (nSPS) is 14.8. The van der Waals surface area contributed by atoms with E-state index in [4.69, 9.17) is 23.2 Å². The summed E-state index contributed by atoms with van der Waals surface area (Å²) in [6.45, 7) is 0.646. The van der Waals surface area contributed by atoms with Crippen molar-refractivity contribution in [3.05, 3.63) is 46.0 Å². The van der Waals surface area contributed by atoms with Gasteiger partial charge < -0.3 is 15.2 Å². The lowest BCUT2D eigenvalue weighted by atomic mass is 10.3. The predicted molar refractivity (Wildman–Crippen MR) is 113 cm³/mol. The molecule has 1 aliphatic heterocycles. The van der Waals surface area contributed by atoms with Gasteiger partial charge in [-0.1, -0.05) is 23.2 Å². The van der Waals surface area contributed by atoms with E-state index in [0.717, 1.165) is 10.7 Å². The molecule has 1 aliphatic rings. The number of hydrogen-bond acceptors (Lipinski definition) is 6. The summed E-state index contributed by atoms with van der Waals surface area (Å²) < 4.78 is 41.1. The number of halogens is 5. The molecule has 0 bridgehead atoms. The topological polar surface area (TPSA) is 91.2 Å². The second-order valence-electron chi connectivity index (χ2n) is 7.32. The van der Waals surface area contributed by atoms with Gasteiger partial charge in [0.25, 0.3) is 0 Å². The van der Waals surface area contributed by atoms with Crippen molar-refractivity contribution >= 4 is 57.2 Å². The number of imidazole rings is 2. The van der Waals surface area contributed by atoms with E-state index in [1.807, 2.05) is 0 Å². The van der Waals surface area contributed by atoms with Gasteiger partial charge in [-0.2, -0.15) is 13.2 Å². The highest BCUT2D eigenvalue weighted by Crippen LogP contribution is 2.33. The molecule has 0 atom stereocenters. The van der Waals surface area contributed by atoms with Crippen LogP contribution in [0.1, 0.15) is 17.9 Å². The molecule has 0 amide bonds. The quantitative estimate of drug-likeness (QED) is 0.449. The summed E-state index contributed by atoms with van der Waals surface area (Å²) in [6, 6.07) is 4.85. The first-order valence-electron chi connectivity index (χ1n) is 9.49. The van der Waals surface area contributed by atoms with Crippen molar-refractivity contribution in [1.29, 1.82) is 0 Å². The van der Waals surface area contributed by atoms with Crippen LogP contribution in [0.15, 0.2) is 24.4 Å². The maximum atomic E-state index is 13.5.